The summed E-state index contributed by atoms with van der Waals surface area (Å²) in [5, 5.41) is 8.89. The molecule has 27 heavy (non-hydrogen) atoms. The molecular formula is C17H30F2N6O2. The first-order chi connectivity index (χ1) is 12.4. The Kier molecular flexibility index (Phi) is 7.98. The summed E-state index contributed by atoms with van der Waals surface area (Å²) in [5.74, 6) is 0.591. The second-order valence-electron chi connectivity index (χ2n) is 7.59. The Morgan fingerprint density at radius 3 is 2.52 bits per heavy atom. The second-order valence-corrected chi connectivity index (χ2v) is 7.59. The number of hydrogen-bond donors (Lipinski definition) is 3. The highest BCUT2D eigenvalue weighted by Crippen LogP contribution is 2.13. The summed E-state index contributed by atoms with van der Waals surface area (Å²) in [6, 6.07) is 0. The molecule has 0 saturated carbocycles. The van der Waals surface area contributed by atoms with Crippen LogP contribution in [0.15, 0.2) is 17.4 Å². The second kappa shape index (κ2) is 9.52. The number of aliphatic imine (C=N–C) groups is 1. The van der Waals surface area contributed by atoms with Gasteiger partial charge in [-0.1, -0.05) is 0 Å². The van der Waals surface area contributed by atoms with Crippen molar-refractivity contribution in [2.75, 3.05) is 13.1 Å². The molecule has 0 saturated heterocycles. The Labute approximate surface area is 158 Å². The molecule has 154 valence electrons. The monoisotopic (exact) mass is 388 g/mol. The van der Waals surface area contributed by atoms with Crippen molar-refractivity contribution in [2.45, 2.75) is 65.8 Å². The predicted octanol–water partition coefficient (Wildman–Crippen LogP) is 2.64. The van der Waals surface area contributed by atoms with Gasteiger partial charge in [0.05, 0.1) is 5.54 Å². The van der Waals surface area contributed by atoms with E-state index in [9.17, 15) is 13.6 Å². The highest BCUT2D eigenvalue weighted by Gasteiger charge is 2.24. The summed E-state index contributed by atoms with van der Waals surface area (Å²) in [6.45, 7) is 9.19. The largest absolute Gasteiger partial charge is 0.444 e. The third kappa shape index (κ3) is 8.69. The van der Waals surface area contributed by atoms with Crippen LogP contribution in [0.5, 0.6) is 0 Å². The molecule has 0 atom stereocenters. The molecule has 0 aliphatic rings. The molecule has 1 aromatic rings. The van der Waals surface area contributed by atoms with E-state index in [4.69, 9.17) is 4.74 Å². The molecule has 0 unspecified atom stereocenters. The predicted molar refractivity (Wildman–Crippen MR) is 99.7 cm³/mol. The number of guanidine groups is 1. The number of carbonyl (C=O) groups is 1. The van der Waals surface area contributed by atoms with Gasteiger partial charge in [-0.05, 0) is 41.5 Å². The van der Waals surface area contributed by atoms with Crippen LogP contribution in [0.25, 0.3) is 0 Å². The van der Waals surface area contributed by atoms with Gasteiger partial charge < -0.3 is 20.7 Å². The maximum absolute atomic E-state index is 12.9. The van der Waals surface area contributed by atoms with Crippen molar-refractivity contribution >= 4 is 12.1 Å². The fourth-order valence-electron chi connectivity index (χ4n) is 2.06. The average Bonchev–Trinajstić information content (AvgIpc) is 2.96. The van der Waals surface area contributed by atoms with Crippen LogP contribution < -0.4 is 16.0 Å². The molecule has 0 aromatic carbocycles. The number of amides is 1. The number of alkyl halides is 2. The van der Waals surface area contributed by atoms with Crippen molar-refractivity contribution < 1.29 is 18.3 Å². The number of imidazole rings is 1. The maximum atomic E-state index is 12.9. The Balaban J connectivity index is 2.67. The van der Waals surface area contributed by atoms with Crippen molar-refractivity contribution in [3.05, 3.63) is 18.2 Å². The van der Waals surface area contributed by atoms with Crippen molar-refractivity contribution in [1.29, 1.82) is 0 Å². The third-order valence-electron chi connectivity index (χ3n) is 3.22. The van der Waals surface area contributed by atoms with E-state index in [1.54, 1.807) is 20.8 Å². The summed E-state index contributed by atoms with van der Waals surface area (Å²) >= 11 is 0. The Morgan fingerprint density at radius 1 is 1.30 bits per heavy atom. The molecule has 10 heteroatoms. The molecule has 1 aromatic heterocycles. The van der Waals surface area contributed by atoms with Crippen molar-refractivity contribution in [2.24, 2.45) is 4.99 Å². The van der Waals surface area contributed by atoms with E-state index in [2.05, 4.69) is 25.9 Å². The zero-order valence-electron chi connectivity index (χ0n) is 16.8. The fourth-order valence-corrected chi connectivity index (χ4v) is 2.06. The summed E-state index contributed by atoms with van der Waals surface area (Å²) in [4.78, 5) is 20.1. The quantitative estimate of drug-likeness (QED) is 0.493. The van der Waals surface area contributed by atoms with Gasteiger partial charge >= 0.3 is 12.6 Å². The Hall–Kier alpha value is -2.39. The molecule has 0 fully saturated rings. The molecule has 0 aliphatic carbocycles. The molecule has 0 radical (unpaired) electrons. The topological polar surface area (TPSA) is 92.6 Å². The van der Waals surface area contributed by atoms with E-state index in [1.165, 1.54) is 12.4 Å². The van der Waals surface area contributed by atoms with Gasteiger partial charge in [0.2, 0.25) is 0 Å². The first-order valence-electron chi connectivity index (χ1n) is 8.77. The number of ether oxygens (including phenoxy) is 1. The third-order valence-corrected chi connectivity index (χ3v) is 3.22. The number of hydrogen-bond acceptors (Lipinski definition) is 4. The molecule has 1 rings (SSSR count). The van der Waals surface area contributed by atoms with Gasteiger partial charge in [0.1, 0.15) is 18.0 Å². The van der Waals surface area contributed by atoms with E-state index in [0.717, 1.165) is 4.57 Å². The SMILES string of the molecule is CCNC(=NCc1nccn1C(F)F)NCC(C)(C)NC(=O)OC(C)(C)C. The molecule has 1 heterocycles. The van der Waals surface area contributed by atoms with Crippen LogP contribution in [0.4, 0.5) is 13.6 Å². The molecular weight excluding hydrogens is 358 g/mol. The van der Waals surface area contributed by atoms with E-state index in [-0.39, 0.29) is 12.4 Å². The number of carbonyl (C=O) groups excluding carboxylic acids is 1. The van der Waals surface area contributed by atoms with Crippen LogP contribution >= 0.6 is 0 Å². The minimum Gasteiger partial charge on any atom is -0.444 e. The van der Waals surface area contributed by atoms with E-state index in [1.807, 2.05) is 20.8 Å². The van der Waals surface area contributed by atoms with E-state index in [0.29, 0.717) is 19.0 Å². The van der Waals surface area contributed by atoms with Crippen LogP contribution in [-0.2, 0) is 11.3 Å². The number of rotatable bonds is 7. The van der Waals surface area contributed by atoms with Crippen molar-refractivity contribution in [3.63, 3.8) is 0 Å². The lowest BCUT2D eigenvalue weighted by Crippen LogP contribution is -2.54. The zero-order valence-corrected chi connectivity index (χ0v) is 16.8. The van der Waals surface area contributed by atoms with Crippen LogP contribution in [0.2, 0.25) is 0 Å². The lowest BCUT2D eigenvalue weighted by Gasteiger charge is -2.29. The first-order valence-corrected chi connectivity index (χ1v) is 8.77. The minimum atomic E-state index is -2.66. The van der Waals surface area contributed by atoms with E-state index >= 15 is 0 Å². The van der Waals surface area contributed by atoms with Gasteiger partial charge in [-0.25, -0.2) is 14.8 Å². The number of aromatic nitrogens is 2. The summed E-state index contributed by atoms with van der Waals surface area (Å²) in [5.41, 5.74) is -1.21. The number of nitrogens with one attached hydrogen (secondary N) is 3. The summed E-state index contributed by atoms with van der Waals surface area (Å²) in [7, 11) is 0. The first kappa shape index (κ1) is 22.7. The summed E-state index contributed by atoms with van der Waals surface area (Å²) < 4.78 is 31.8. The van der Waals surface area contributed by atoms with Gasteiger partial charge in [0, 0.05) is 25.5 Å². The molecule has 0 aliphatic heterocycles. The normalized spacial score (nSPS) is 12.9. The summed E-state index contributed by atoms with van der Waals surface area (Å²) in [6.07, 6.45) is 2.00. The van der Waals surface area contributed by atoms with E-state index < -0.39 is 23.8 Å². The molecule has 8 nitrogen and oxygen atoms in total. The standard InChI is InChI=1S/C17H30F2N6O2/c1-7-20-14(22-10-12-21-8-9-25(12)13(18)19)23-11-17(5,6)24-15(26)27-16(2,3)4/h8-9,13H,7,10-11H2,1-6H3,(H,24,26)(H2,20,22,23). The van der Waals surface area contributed by atoms with Crippen molar-refractivity contribution in [1.82, 2.24) is 25.5 Å². The molecule has 1 amide bonds. The highest BCUT2D eigenvalue weighted by molar-refractivity contribution is 5.80. The number of nitrogens with zero attached hydrogens (tertiary/aromatic N) is 3. The maximum Gasteiger partial charge on any atom is 0.408 e. The zero-order chi connectivity index (χ0) is 20.7. The fraction of sp³-hybridized carbons (Fsp3) is 0.706. The average molecular weight is 388 g/mol. The van der Waals surface area contributed by atoms with Gasteiger partial charge in [-0.3, -0.25) is 4.57 Å². The smallest absolute Gasteiger partial charge is 0.408 e. The van der Waals surface area contributed by atoms with Crippen LogP contribution in [0.1, 0.15) is 53.9 Å². The van der Waals surface area contributed by atoms with Crippen LogP contribution in [0, 0.1) is 0 Å². The van der Waals surface area contributed by atoms with Gasteiger partial charge in [-0.2, -0.15) is 8.78 Å². The van der Waals surface area contributed by atoms with Gasteiger partial charge in [0.25, 0.3) is 0 Å². The molecule has 3 N–H and O–H groups in total. The highest BCUT2D eigenvalue weighted by atomic mass is 19.3. The lowest BCUT2D eigenvalue weighted by molar-refractivity contribution is 0.0473. The van der Waals surface area contributed by atoms with Crippen LogP contribution in [0.3, 0.4) is 0 Å². The Morgan fingerprint density at radius 2 is 1.96 bits per heavy atom. The van der Waals surface area contributed by atoms with Gasteiger partial charge in [-0.15, -0.1) is 0 Å². The molecule has 0 spiro atoms. The lowest BCUT2D eigenvalue weighted by atomic mass is 10.1. The minimum absolute atomic E-state index is 0.00734. The number of halogens is 2. The Bertz CT molecular complexity index is 638. The van der Waals surface area contributed by atoms with Crippen LogP contribution in [-0.4, -0.2) is 45.8 Å². The van der Waals surface area contributed by atoms with Gasteiger partial charge in [0.15, 0.2) is 5.96 Å². The molecule has 0 bridgehead atoms. The number of alkyl carbamates (subject to hydrolysis) is 1. The van der Waals surface area contributed by atoms with Crippen molar-refractivity contribution in [3.8, 4) is 0 Å².